The number of nitrogens with one attached hydrogen (secondary N) is 1. The Morgan fingerprint density at radius 2 is 1.75 bits per heavy atom. The summed E-state index contributed by atoms with van der Waals surface area (Å²) in [4.78, 5) is 22.5. The van der Waals surface area contributed by atoms with Gasteiger partial charge in [-0.15, -0.1) is 0 Å². The van der Waals surface area contributed by atoms with Gasteiger partial charge in [0.25, 0.3) is 0 Å². The molecule has 0 atom stereocenters. The number of halogens is 2. The van der Waals surface area contributed by atoms with Gasteiger partial charge in [-0.2, -0.15) is 0 Å². The number of aromatic hydroxyl groups is 1. The van der Waals surface area contributed by atoms with Crippen LogP contribution in [0.1, 0.15) is 6.42 Å². The molecule has 11 heteroatoms. The molecule has 2 N–H and O–H groups in total. The van der Waals surface area contributed by atoms with E-state index in [-0.39, 0.29) is 32.1 Å². The van der Waals surface area contributed by atoms with Crippen molar-refractivity contribution < 1.29 is 32.6 Å². The average Bonchev–Trinajstić information content (AvgIpc) is 2.58. The molecule has 0 heterocycles. The first-order valence-corrected chi connectivity index (χ1v) is 10.2. The average molecular weight is 448 g/mol. The SMILES string of the molecule is COC(=O)CC(=O)Nc1cc(Cl)c(Oc2ccc(O)c(S(C)(=O)=O)c2)c(Cl)c1. The summed E-state index contributed by atoms with van der Waals surface area (Å²) in [7, 11) is -2.52. The standard InChI is InChI=1S/C17H15Cl2NO7S/c1-26-16(23)8-15(22)20-9-5-11(18)17(12(19)6-9)27-10-3-4-13(21)14(7-10)28(2,24)25/h3-7,21H,8H2,1-2H3,(H,20,22). The molecule has 0 saturated heterocycles. The van der Waals surface area contributed by atoms with Crippen molar-refractivity contribution in [3.8, 4) is 17.2 Å². The molecule has 150 valence electrons. The Balaban J connectivity index is 2.27. The van der Waals surface area contributed by atoms with Crippen LogP contribution in [0.3, 0.4) is 0 Å². The number of ether oxygens (including phenoxy) is 2. The lowest BCUT2D eigenvalue weighted by Gasteiger charge is -2.13. The minimum absolute atomic E-state index is 0.0134. The van der Waals surface area contributed by atoms with Gasteiger partial charge in [-0.05, 0) is 24.3 Å². The Hall–Kier alpha value is -2.49. The van der Waals surface area contributed by atoms with Crippen molar-refractivity contribution in [2.24, 2.45) is 0 Å². The van der Waals surface area contributed by atoms with Crippen LogP contribution in [0.5, 0.6) is 17.2 Å². The molecule has 0 aliphatic carbocycles. The molecule has 2 aromatic rings. The molecule has 0 radical (unpaired) electrons. The number of amides is 1. The van der Waals surface area contributed by atoms with Crippen LogP contribution in [0, 0.1) is 0 Å². The number of esters is 1. The third-order valence-electron chi connectivity index (χ3n) is 3.37. The summed E-state index contributed by atoms with van der Waals surface area (Å²) in [6, 6.07) is 6.31. The number of rotatable bonds is 6. The van der Waals surface area contributed by atoms with Gasteiger partial charge in [0.15, 0.2) is 15.6 Å². The zero-order valence-corrected chi connectivity index (χ0v) is 17.0. The predicted molar refractivity (Wildman–Crippen MR) is 103 cm³/mol. The molecule has 0 aliphatic rings. The molecule has 0 spiro atoms. The summed E-state index contributed by atoms with van der Waals surface area (Å²) >= 11 is 12.3. The van der Waals surface area contributed by atoms with E-state index in [1.807, 2.05) is 0 Å². The zero-order chi connectivity index (χ0) is 21.1. The number of sulfone groups is 1. The third-order valence-corrected chi connectivity index (χ3v) is 5.05. The molecule has 0 fully saturated rings. The second kappa shape index (κ2) is 8.68. The lowest BCUT2D eigenvalue weighted by molar-refractivity contribution is -0.142. The lowest BCUT2D eigenvalue weighted by Crippen LogP contribution is -2.17. The normalized spacial score (nSPS) is 11.0. The van der Waals surface area contributed by atoms with Crippen LogP contribution in [0.25, 0.3) is 0 Å². The summed E-state index contributed by atoms with van der Waals surface area (Å²) in [6.07, 6.45) is 0.462. The Labute approximate surface area is 170 Å². The largest absolute Gasteiger partial charge is 0.507 e. The molecule has 2 aromatic carbocycles. The van der Waals surface area contributed by atoms with E-state index in [2.05, 4.69) is 10.1 Å². The fourth-order valence-electron chi connectivity index (χ4n) is 2.11. The van der Waals surface area contributed by atoms with Crippen LogP contribution in [-0.2, 0) is 24.2 Å². The first kappa shape index (κ1) is 21.8. The number of hydrogen-bond acceptors (Lipinski definition) is 7. The molecular formula is C17H15Cl2NO7S. The van der Waals surface area contributed by atoms with Gasteiger partial charge >= 0.3 is 5.97 Å². The molecule has 8 nitrogen and oxygen atoms in total. The van der Waals surface area contributed by atoms with Crippen LogP contribution in [-0.4, -0.2) is 38.8 Å². The van der Waals surface area contributed by atoms with E-state index in [1.54, 1.807) is 0 Å². The summed E-state index contributed by atoms with van der Waals surface area (Å²) in [5.74, 6) is -1.66. The second-order valence-corrected chi connectivity index (χ2v) is 8.37. The maximum absolute atomic E-state index is 11.7. The number of anilines is 1. The van der Waals surface area contributed by atoms with Crippen LogP contribution in [0.15, 0.2) is 35.2 Å². The van der Waals surface area contributed by atoms with Crippen molar-refractivity contribution in [3.63, 3.8) is 0 Å². The van der Waals surface area contributed by atoms with Crippen molar-refractivity contribution in [3.05, 3.63) is 40.4 Å². The topological polar surface area (TPSA) is 119 Å². The first-order chi connectivity index (χ1) is 13.0. The van der Waals surface area contributed by atoms with Gasteiger partial charge in [0.2, 0.25) is 5.91 Å². The Morgan fingerprint density at radius 3 is 2.29 bits per heavy atom. The monoisotopic (exact) mass is 447 g/mol. The van der Waals surface area contributed by atoms with E-state index in [9.17, 15) is 23.1 Å². The lowest BCUT2D eigenvalue weighted by atomic mass is 10.2. The Kier molecular flexibility index (Phi) is 6.76. The summed E-state index contributed by atoms with van der Waals surface area (Å²) < 4.78 is 33.3. The highest BCUT2D eigenvalue weighted by molar-refractivity contribution is 7.90. The number of hydrogen-bond donors (Lipinski definition) is 2. The van der Waals surface area contributed by atoms with Crippen LogP contribution in [0.4, 0.5) is 5.69 Å². The molecule has 1 amide bonds. The maximum atomic E-state index is 11.7. The molecule has 2 rings (SSSR count). The number of carbonyl (C=O) groups is 2. The van der Waals surface area contributed by atoms with Gasteiger partial charge < -0.3 is 19.9 Å². The minimum Gasteiger partial charge on any atom is -0.507 e. The van der Waals surface area contributed by atoms with Gasteiger partial charge in [0.05, 0.1) is 17.2 Å². The summed E-state index contributed by atoms with van der Waals surface area (Å²) in [5, 5.41) is 12.2. The summed E-state index contributed by atoms with van der Waals surface area (Å²) in [6.45, 7) is 0. The van der Waals surface area contributed by atoms with Crippen molar-refractivity contribution in [2.45, 2.75) is 11.3 Å². The number of carbonyl (C=O) groups excluding carboxylic acids is 2. The highest BCUT2D eigenvalue weighted by Crippen LogP contribution is 2.40. The fourth-order valence-corrected chi connectivity index (χ4v) is 3.45. The molecular weight excluding hydrogens is 433 g/mol. The van der Waals surface area contributed by atoms with Gasteiger partial charge in [0, 0.05) is 18.0 Å². The van der Waals surface area contributed by atoms with Gasteiger partial charge in [-0.3, -0.25) is 9.59 Å². The Morgan fingerprint density at radius 1 is 1.14 bits per heavy atom. The number of methoxy groups -OCH3 is 1. The van der Waals surface area contributed by atoms with Crippen LogP contribution >= 0.6 is 23.2 Å². The van der Waals surface area contributed by atoms with Crippen molar-refractivity contribution in [2.75, 3.05) is 18.7 Å². The van der Waals surface area contributed by atoms with E-state index in [0.29, 0.717) is 0 Å². The van der Waals surface area contributed by atoms with Crippen LogP contribution < -0.4 is 10.1 Å². The van der Waals surface area contributed by atoms with Crippen molar-refractivity contribution in [1.29, 1.82) is 0 Å². The highest BCUT2D eigenvalue weighted by Gasteiger charge is 2.17. The van der Waals surface area contributed by atoms with Gasteiger partial charge in [-0.1, -0.05) is 23.2 Å². The molecule has 0 unspecified atom stereocenters. The molecule has 0 saturated carbocycles. The maximum Gasteiger partial charge on any atom is 0.315 e. The van der Waals surface area contributed by atoms with Gasteiger partial charge in [-0.25, -0.2) is 8.42 Å². The highest BCUT2D eigenvalue weighted by atomic mass is 35.5. The van der Waals surface area contributed by atoms with E-state index in [1.165, 1.54) is 18.2 Å². The smallest absolute Gasteiger partial charge is 0.315 e. The van der Waals surface area contributed by atoms with Crippen molar-refractivity contribution >= 4 is 50.6 Å². The molecule has 0 aliphatic heterocycles. The quantitative estimate of drug-likeness (QED) is 0.514. The minimum atomic E-state index is -3.68. The van der Waals surface area contributed by atoms with Gasteiger partial charge in [0.1, 0.15) is 22.8 Å². The molecule has 0 aromatic heterocycles. The molecule has 28 heavy (non-hydrogen) atoms. The predicted octanol–water partition coefficient (Wildman–Crippen LogP) is 3.40. The zero-order valence-electron chi connectivity index (χ0n) is 14.7. The van der Waals surface area contributed by atoms with Crippen LogP contribution in [0.2, 0.25) is 10.0 Å². The molecule has 0 bridgehead atoms. The van der Waals surface area contributed by atoms with E-state index >= 15 is 0 Å². The van der Waals surface area contributed by atoms with Crippen molar-refractivity contribution in [1.82, 2.24) is 0 Å². The third kappa shape index (κ3) is 5.51. The summed E-state index contributed by atoms with van der Waals surface area (Å²) in [5.41, 5.74) is 0.221. The Bertz CT molecular complexity index is 1010. The van der Waals surface area contributed by atoms with E-state index in [0.717, 1.165) is 25.5 Å². The second-order valence-electron chi connectivity index (χ2n) is 5.57. The van der Waals surface area contributed by atoms with E-state index < -0.39 is 33.9 Å². The first-order valence-electron chi connectivity index (χ1n) is 7.58. The fraction of sp³-hybridized carbons (Fsp3) is 0.176. The van der Waals surface area contributed by atoms with E-state index in [4.69, 9.17) is 27.9 Å². The number of phenolic OH excluding ortho intramolecular Hbond substituents is 1. The number of phenols is 1. The number of benzene rings is 2.